The Morgan fingerprint density at radius 1 is 1.14 bits per heavy atom. The Hall–Kier alpha value is -2.14. The lowest BCUT2D eigenvalue weighted by molar-refractivity contribution is -0.131. The van der Waals surface area contributed by atoms with Crippen LogP contribution in [0.2, 0.25) is 0 Å². The van der Waals surface area contributed by atoms with Crippen molar-refractivity contribution in [3.05, 3.63) is 53.3 Å². The Labute approximate surface area is 175 Å². The standard InChI is InChI=1S/C24H36N4O/c1-18(20-9-7-6-8-10-20)24(29)27(4)16-19-11-13-21(14-12-19)23-15-22(17-26(2)3)28(5)25-23/h6-10,15,18-19,21H,11-14,16-17H2,1-5H3/t18-,19?,21?/m1/s1. The van der Waals surface area contributed by atoms with Gasteiger partial charge in [0.25, 0.3) is 0 Å². The maximum atomic E-state index is 12.8. The summed E-state index contributed by atoms with van der Waals surface area (Å²) in [6.07, 6.45) is 4.67. The molecule has 1 saturated carbocycles. The van der Waals surface area contributed by atoms with Gasteiger partial charge in [0.15, 0.2) is 0 Å². The third-order valence-electron chi connectivity index (χ3n) is 6.32. The fraction of sp³-hybridized carbons (Fsp3) is 0.583. The van der Waals surface area contributed by atoms with Crippen LogP contribution in [0.4, 0.5) is 0 Å². The quantitative estimate of drug-likeness (QED) is 0.710. The van der Waals surface area contributed by atoms with Crippen LogP contribution in [-0.2, 0) is 18.4 Å². The molecule has 0 N–H and O–H groups in total. The van der Waals surface area contributed by atoms with Gasteiger partial charge in [0, 0.05) is 33.1 Å². The van der Waals surface area contributed by atoms with Crippen LogP contribution in [0.25, 0.3) is 0 Å². The summed E-state index contributed by atoms with van der Waals surface area (Å²) in [5.41, 5.74) is 3.61. The Morgan fingerprint density at radius 3 is 2.41 bits per heavy atom. The normalized spacial score (nSPS) is 20.6. The van der Waals surface area contributed by atoms with Crippen molar-refractivity contribution in [3.8, 4) is 0 Å². The molecule has 0 bridgehead atoms. The van der Waals surface area contributed by atoms with Gasteiger partial charge in [0.2, 0.25) is 5.91 Å². The molecule has 1 amide bonds. The number of rotatable bonds is 7. The lowest BCUT2D eigenvalue weighted by Crippen LogP contribution is -2.35. The maximum Gasteiger partial charge on any atom is 0.229 e. The Bertz CT molecular complexity index is 790. The molecule has 1 fully saturated rings. The molecular formula is C24H36N4O. The van der Waals surface area contributed by atoms with E-state index in [9.17, 15) is 4.79 Å². The molecule has 1 aliphatic rings. The number of benzene rings is 1. The minimum Gasteiger partial charge on any atom is -0.345 e. The Balaban J connectivity index is 1.51. The van der Waals surface area contributed by atoms with Crippen LogP contribution in [0.3, 0.4) is 0 Å². The van der Waals surface area contributed by atoms with E-state index in [1.54, 1.807) is 0 Å². The van der Waals surface area contributed by atoms with E-state index in [1.165, 1.54) is 37.1 Å². The molecule has 1 aliphatic carbocycles. The van der Waals surface area contributed by atoms with E-state index in [0.717, 1.165) is 18.7 Å². The highest BCUT2D eigenvalue weighted by atomic mass is 16.2. The first-order valence-electron chi connectivity index (χ1n) is 10.8. The Kier molecular flexibility index (Phi) is 7.12. The number of amides is 1. The van der Waals surface area contributed by atoms with Gasteiger partial charge < -0.3 is 9.80 Å². The van der Waals surface area contributed by atoms with Crippen molar-refractivity contribution in [2.45, 2.75) is 51.0 Å². The minimum absolute atomic E-state index is 0.0822. The second-order valence-corrected chi connectivity index (χ2v) is 8.99. The monoisotopic (exact) mass is 396 g/mol. The SMILES string of the molecule is C[C@@H](C(=O)N(C)CC1CCC(c2cc(CN(C)C)n(C)n2)CC1)c1ccccc1. The number of hydrogen-bond acceptors (Lipinski definition) is 3. The molecule has 158 valence electrons. The van der Waals surface area contributed by atoms with Gasteiger partial charge in [-0.05, 0) is 64.3 Å². The van der Waals surface area contributed by atoms with E-state index in [-0.39, 0.29) is 11.8 Å². The second kappa shape index (κ2) is 9.57. The highest BCUT2D eigenvalue weighted by Crippen LogP contribution is 2.36. The van der Waals surface area contributed by atoms with Crippen molar-refractivity contribution >= 4 is 5.91 Å². The van der Waals surface area contributed by atoms with Crippen LogP contribution in [0.1, 0.15) is 61.4 Å². The molecule has 1 aromatic heterocycles. The van der Waals surface area contributed by atoms with Gasteiger partial charge in [-0.3, -0.25) is 9.48 Å². The van der Waals surface area contributed by atoms with Crippen LogP contribution >= 0.6 is 0 Å². The first kappa shape index (κ1) is 21.6. The number of hydrogen-bond donors (Lipinski definition) is 0. The highest BCUT2D eigenvalue weighted by Gasteiger charge is 2.27. The maximum absolute atomic E-state index is 12.8. The number of carbonyl (C=O) groups excluding carboxylic acids is 1. The summed E-state index contributed by atoms with van der Waals surface area (Å²) in [4.78, 5) is 17.0. The lowest BCUT2D eigenvalue weighted by Gasteiger charge is -2.31. The summed E-state index contributed by atoms with van der Waals surface area (Å²) < 4.78 is 2.03. The first-order valence-corrected chi connectivity index (χ1v) is 10.8. The minimum atomic E-state index is -0.0822. The molecule has 0 spiro atoms. The number of aromatic nitrogens is 2. The van der Waals surface area contributed by atoms with Crippen molar-refractivity contribution in [3.63, 3.8) is 0 Å². The van der Waals surface area contributed by atoms with E-state index >= 15 is 0 Å². The average molecular weight is 397 g/mol. The number of nitrogens with zero attached hydrogens (tertiary/aromatic N) is 4. The van der Waals surface area contributed by atoms with E-state index in [1.807, 2.05) is 60.9 Å². The smallest absolute Gasteiger partial charge is 0.229 e. The Morgan fingerprint density at radius 2 is 1.79 bits per heavy atom. The molecule has 0 saturated heterocycles. The summed E-state index contributed by atoms with van der Waals surface area (Å²) >= 11 is 0. The molecule has 0 unspecified atom stereocenters. The molecule has 5 heteroatoms. The molecule has 1 aromatic carbocycles. The van der Waals surface area contributed by atoms with Crippen molar-refractivity contribution in [2.75, 3.05) is 27.7 Å². The summed E-state index contributed by atoms with van der Waals surface area (Å²) in [5.74, 6) is 1.28. The largest absolute Gasteiger partial charge is 0.345 e. The number of aryl methyl sites for hydroxylation is 1. The average Bonchev–Trinajstić information content (AvgIpc) is 3.07. The van der Waals surface area contributed by atoms with Gasteiger partial charge in [-0.15, -0.1) is 0 Å². The van der Waals surface area contributed by atoms with Crippen molar-refractivity contribution in [2.24, 2.45) is 13.0 Å². The van der Waals surface area contributed by atoms with E-state index in [0.29, 0.717) is 11.8 Å². The fourth-order valence-corrected chi connectivity index (χ4v) is 4.53. The topological polar surface area (TPSA) is 41.4 Å². The van der Waals surface area contributed by atoms with Crippen molar-refractivity contribution < 1.29 is 4.79 Å². The third-order valence-corrected chi connectivity index (χ3v) is 6.32. The highest BCUT2D eigenvalue weighted by molar-refractivity contribution is 5.83. The number of likely N-dealkylation sites (N-methyl/N-ethyl adjacent to an activating group) is 1. The van der Waals surface area contributed by atoms with Gasteiger partial charge in [-0.2, -0.15) is 5.10 Å². The van der Waals surface area contributed by atoms with Gasteiger partial charge >= 0.3 is 0 Å². The van der Waals surface area contributed by atoms with Gasteiger partial charge in [0.1, 0.15) is 0 Å². The summed E-state index contributed by atoms with van der Waals surface area (Å²) in [6, 6.07) is 12.4. The predicted molar refractivity (Wildman–Crippen MR) is 118 cm³/mol. The molecule has 1 atom stereocenters. The van der Waals surface area contributed by atoms with Crippen LogP contribution in [-0.4, -0.2) is 53.2 Å². The zero-order valence-corrected chi connectivity index (χ0v) is 18.6. The van der Waals surface area contributed by atoms with Crippen molar-refractivity contribution in [1.82, 2.24) is 19.6 Å². The number of carbonyl (C=O) groups is 1. The molecule has 5 nitrogen and oxygen atoms in total. The molecule has 29 heavy (non-hydrogen) atoms. The van der Waals surface area contributed by atoms with Crippen LogP contribution in [0.15, 0.2) is 36.4 Å². The van der Waals surface area contributed by atoms with Crippen LogP contribution in [0, 0.1) is 5.92 Å². The summed E-state index contributed by atoms with van der Waals surface area (Å²) in [6.45, 7) is 3.79. The molecule has 3 rings (SSSR count). The molecular weight excluding hydrogens is 360 g/mol. The van der Waals surface area contributed by atoms with Gasteiger partial charge in [0.05, 0.1) is 17.3 Å². The van der Waals surface area contributed by atoms with Gasteiger partial charge in [-0.25, -0.2) is 0 Å². The first-order chi connectivity index (χ1) is 13.8. The fourth-order valence-electron chi connectivity index (χ4n) is 4.53. The zero-order chi connectivity index (χ0) is 21.0. The summed E-state index contributed by atoms with van der Waals surface area (Å²) in [5, 5.41) is 4.78. The molecule has 0 radical (unpaired) electrons. The third kappa shape index (κ3) is 5.47. The van der Waals surface area contributed by atoms with E-state index in [2.05, 4.69) is 25.1 Å². The molecule has 1 heterocycles. The predicted octanol–water partition coefficient (Wildman–Crippen LogP) is 4.02. The summed E-state index contributed by atoms with van der Waals surface area (Å²) in [7, 11) is 8.19. The van der Waals surface area contributed by atoms with Crippen LogP contribution in [0.5, 0.6) is 0 Å². The van der Waals surface area contributed by atoms with Crippen LogP contribution < -0.4 is 0 Å². The van der Waals surface area contributed by atoms with Crippen molar-refractivity contribution in [1.29, 1.82) is 0 Å². The zero-order valence-electron chi connectivity index (χ0n) is 18.6. The molecule has 0 aliphatic heterocycles. The van der Waals surface area contributed by atoms with E-state index in [4.69, 9.17) is 5.10 Å². The lowest BCUT2D eigenvalue weighted by atomic mass is 9.80. The molecule has 2 aromatic rings. The van der Waals surface area contributed by atoms with E-state index < -0.39 is 0 Å². The van der Waals surface area contributed by atoms with Gasteiger partial charge in [-0.1, -0.05) is 30.3 Å². The second-order valence-electron chi connectivity index (χ2n) is 8.99.